The summed E-state index contributed by atoms with van der Waals surface area (Å²) in [6.45, 7) is 4.70. The van der Waals surface area contributed by atoms with Gasteiger partial charge in [-0.25, -0.2) is 0 Å². The molecule has 2 N–H and O–H groups in total. The van der Waals surface area contributed by atoms with Crippen molar-refractivity contribution in [1.29, 1.82) is 0 Å². The van der Waals surface area contributed by atoms with E-state index in [0.29, 0.717) is 5.41 Å². The summed E-state index contributed by atoms with van der Waals surface area (Å²) in [5.74, 6) is 0. The summed E-state index contributed by atoms with van der Waals surface area (Å²) in [5.41, 5.74) is 8.43. The highest BCUT2D eigenvalue weighted by molar-refractivity contribution is 7.07. The molecular weight excluding hydrogens is 202 g/mol. The van der Waals surface area contributed by atoms with Crippen LogP contribution in [0.3, 0.4) is 0 Å². The molecule has 1 aromatic heterocycles. The Bertz CT molecular complexity index is 315. The summed E-state index contributed by atoms with van der Waals surface area (Å²) < 4.78 is 0. The lowest BCUT2D eigenvalue weighted by atomic mass is 9.67. The van der Waals surface area contributed by atoms with E-state index < -0.39 is 0 Å². The molecule has 0 spiro atoms. The molecule has 0 amide bonds. The van der Waals surface area contributed by atoms with Gasteiger partial charge in [-0.05, 0) is 53.5 Å². The maximum atomic E-state index is 6.53. The lowest BCUT2D eigenvalue weighted by Gasteiger charge is -2.42. The summed E-state index contributed by atoms with van der Waals surface area (Å²) in [7, 11) is 0. The first kappa shape index (κ1) is 11.2. The SMILES string of the molecule is CC1(C)CCCC(N)(Cc2ccsc2)C1. The van der Waals surface area contributed by atoms with Crippen molar-refractivity contribution in [2.45, 2.75) is 51.5 Å². The third-order valence-electron chi connectivity index (χ3n) is 3.50. The first-order valence-electron chi connectivity index (χ1n) is 5.79. The average molecular weight is 223 g/mol. The van der Waals surface area contributed by atoms with Crippen molar-refractivity contribution in [2.24, 2.45) is 11.1 Å². The van der Waals surface area contributed by atoms with E-state index in [1.54, 1.807) is 11.3 Å². The van der Waals surface area contributed by atoms with Crippen molar-refractivity contribution >= 4 is 11.3 Å². The van der Waals surface area contributed by atoms with Crippen LogP contribution in [0.25, 0.3) is 0 Å². The first-order chi connectivity index (χ1) is 6.99. The Kier molecular flexibility index (Phi) is 2.91. The minimum absolute atomic E-state index is 0.0445. The van der Waals surface area contributed by atoms with Gasteiger partial charge in [0.1, 0.15) is 0 Å². The first-order valence-corrected chi connectivity index (χ1v) is 6.73. The molecule has 1 fully saturated rings. The minimum atomic E-state index is 0.0445. The van der Waals surface area contributed by atoms with Gasteiger partial charge in [-0.1, -0.05) is 20.3 Å². The van der Waals surface area contributed by atoms with Gasteiger partial charge in [0.05, 0.1) is 0 Å². The number of hydrogen-bond donors (Lipinski definition) is 1. The fourth-order valence-electron chi connectivity index (χ4n) is 3.00. The normalized spacial score (nSPS) is 30.3. The fourth-order valence-corrected chi connectivity index (χ4v) is 3.67. The maximum Gasteiger partial charge on any atom is 0.0200 e. The number of nitrogens with two attached hydrogens (primary N) is 1. The van der Waals surface area contributed by atoms with Crippen LogP contribution in [0.15, 0.2) is 16.8 Å². The number of thiophene rings is 1. The molecule has 0 aromatic carbocycles. The number of hydrogen-bond acceptors (Lipinski definition) is 2. The van der Waals surface area contributed by atoms with Gasteiger partial charge in [0.15, 0.2) is 0 Å². The van der Waals surface area contributed by atoms with E-state index in [-0.39, 0.29) is 5.54 Å². The highest BCUT2D eigenvalue weighted by Crippen LogP contribution is 2.41. The predicted molar refractivity (Wildman–Crippen MR) is 67.2 cm³/mol. The van der Waals surface area contributed by atoms with Gasteiger partial charge < -0.3 is 5.73 Å². The Balaban J connectivity index is 2.06. The summed E-state index contributed by atoms with van der Waals surface area (Å²) >= 11 is 1.77. The quantitative estimate of drug-likeness (QED) is 0.814. The molecule has 1 heterocycles. The molecule has 0 saturated heterocycles. The molecule has 15 heavy (non-hydrogen) atoms. The molecule has 2 heteroatoms. The molecule has 0 bridgehead atoms. The average Bonchev–Trinajstić information content (AvgIpc) is 2.52. The Morgan fingerprint density at radius 3 is 2.80 bits per heavy atom. The molecule has 1 aromatic rings. The van der Waals surface area contributed by atoms with Gasteiger partial charge >= 0.3 is 0 Å². The van der Waals surface area contributed by atoms with Crippen LogP contribution in [0, 0.1) is 5.41 Å². The van der Waals surface area contributed by atoms with Crippen molar-refractivity contribution in [3.63, 3.8) is 0 Å². The Hall–Kier alpha value is -0.340. The molecule has 0 radical (unpaired) electrons. The maximum absolute atomic E-state index is 6.53. The topological polar surface area (TPSA) is 26.0 Å². The molecule has 1 atom stereocenters. The van der Waals surface area contributed by atoms with E-state index in [1.165, 1.54) is 24.8 Å². The summed E-state index contributed by atoms with van der Waals surface area (Å²) in [6.07, 6.45) is 6.02. The molecule has 1 nitrogen and oxygen atoms in total. The van der Waals surface area contributed by atoms with Crippen molar-refractivity contribution in [3.05, 3.63) is 22.4 Å². The van der Waals surface area contributed by atoms with Gasteiger partial charge in [-0.15, -0.1) is 0 Å². The second kappa shape index (κ2) is 3.91. The van der Waals surface area contributed by atoms with Crippen LogP contribution in [0.4, 0.5) is 0 Å². The monoisotopic (exact) mass is 223 g/mol. The van der Waals surface area contributed by atoms with Crippen molar-refractivity contribution < 1.29 is 0 Å². The third-order valence-corrected chi connectivity index (χ3v) is 4.23. The standard InChI is InChI=1S/C13H21NS/c1-12(2)5-3-6-13(14,10-12)8-11-4-7-15-9-11/h4,7,9H,3,5-6,8,10,14H2,1-2H3. The molecule has 1 saturated carbocycles. The van der Waals surface area contributed by atoms with Crippen molar-refractivity contribution in [1.82, 2.24) is 0 Å². The van der Waals surface area contributed by atoms with Gasteiger partial charge in [0, 0.05) is 5.54 Å². The predicted octanol–water partition coefficient (Wildman–Crippen LogP) is 3.59. The van der Waals surface area contributed by atoms with Gasteiger partial charge in [-0.2, -0.15) is 11.3 Å². The zero-order chi connectivity index (χ0) is 10.9. The largest absolute Gasteiger partial charge is 0.325 e. The van der Waals surface area contributed by atoms with Crippen LogP contribution in [0.2, 0.25) is 0 Å². The van der Waals surface area contributed by atoms with Crippen LogP contribution in [-0.4, -0.2) is 5.54 Å². The number of rotatable bonds is 2. The smallest absolute Gasteiger partial charge is 0.0200 e. The molecule has 1 unspecified atom stereocenters. The zero-order valence-electron chi connectivity index (χ0n) is 9.75. The van der Waals surface area contributed by atoms with Gasteiger partial charge in [0.25, 0.3) is 0 Å². The minimum Gasteiger partial charge on any atom is -0.325 e. The van der Waals surface area contributed by atoms with E-state index in [4.69, 9.17) is 5.73 Å². The van der Waals surface area contributed by atoms with Crippen LogP contribution in [0.1, 0.15) is 45.1 Å². The fraction of sp³-hybridized carbons (Fsp3) is 0.692. The lowest BCUT2D eigenvalue weighted by molar-refractivity contribution is 0.151. The van der Waals surface area contributed by atoms with E-state index >= 15 is 0 Å². The van der Waals surface area contributed by atoms with Crippen LogP contribution < -0.4 is 5.73 Å². The van der Waals surface area contributed by atoms with E-state index in [9.17, 15) is 0 Å². The summed E-state index contributed by atoms with van der Waals surface area (Å²) in [4.78, 5) is 0. The van der Waals surface area contributed by atoms with Gasteiger partial charge in [0.2, 0.25) is 0 Å². The molecule has 1 aliphatic carbocycles. The molecule has 2 rings (SSSR count). The Labute approximate surface area is 96.7 Å². The second-order valence-corrected chi connectivity index (χ2v) is 6.65. The molecule has 0 aliphatic heterocycles. The molecule has 1 aliphatic rings. The zero-order valence-corrected chi connectivity index (χ0v) is 10.6. The van der Waals surface area contributed by atoms with E-state index in [0.717, 1.165) is 12.8 Å². The Morgan fingerprint density at radius 2 is 2.20 bits per heavy atom. The highest BCUT2D eigenvalue weighted by atomic mass is 32.1. The lowest BCUT2D eigenvalue weighted by Crippen LogP contribution is -2.48. The highest BCUT2D eigenvalue weighted by Gasteiger charge is 2.36. The Morgan fingerprint density at radius 1 is 1.40 bits per heavy atom. The second-order valence-electron chi connectivity index (χ2n) is 5.87. The third kappa shape index (κ3) is 2.82. The van der Waals surface area contributed by atoms with Crippen LogP contribution >= 0.6 is 11.3 Å². The van der Waals surface area contributed by atoms with Crippen LogP contribution in [-0.2, 0) is 6.42 Å². The van der Waals surface area contributed by atoms with Crippen molar-refractivity contribution in [3.8, 4) is 0 Å². The van der Waals surface area contributed by atoms with E-state index in [2.05, 4.69) is 30.7 Å². The van der Waals surface area contributed by atoms with E-state index in [1.807, 2.05) is 0 Å². The molecule has 84 valence electrons. The van der Waals surface area contributed by atoms with Crippen LogP contribution in [0.5, 0.6) is 0 Å². The van der Waals surface area contributed by atoms with Gasteiger partial charge in [-0.3, -0.25) is 0 Å². The summed E-state index contributed by atoms with van der Waals surface area (Å²) in [6, 6.07) is 2.21. The summed E-state index contributed by atoms with van der Waals surface area (Å²) in [5, 5.41) is 4.38. The molecular formula is C13H21NS. The van der Waals surface area contributed by atoms with Crippen molar-refractivity contribution in [2.75, 3.05) is 0 Å².